The minimum Gasteiger partial charge on any atom is -0.480 e. The monoisotopic (exact) mass is 428 g/mol. The van der Waals surface area contributed by atoms with Crippen LogP contribution >= 0.6 is 11.8 Å². The number of amides is 1. The summed E-state index contributed by atoms with van der Waals surface area (Å²) < 4.78 is 5.15. The van der Waals surface area contributed by atoms with E-state index in [0.29, 0.717) is 5.75 Å². The summed E-state index contributed by atoms with van der Waals surface area (Å²) >= 11 is 1.28. The van der Waals surface area contributed by atoms with Gasteiger partial charge < -0.3 is 15.2 Å². The van der Waals surface area contributed by atoms with Crippen LogP contribution in [-0.4, -0.2) is 52.8 Å². The lowest BCUT2D eigenvalue weighted by atomic mass is 9.90. The van der Waals surface area contributed by atoms with Crippen LogP contribution in [0.2, 0.25) is 0 Å². The van der Waals surface area contributed by atoms with Crippen LogP contribution in [0.4, 0.5) is 0 Å². The number of benzene rings is 2. The topological polar surface area (TPSA) is 105 Å². The number of thioether (sulfide) groups is 1. The predicted molar refractivity (Wildman–Crippen MR) is 114 cm³/mol. The maximum atomic E-state index is 13.4. The molecule has 3 rings (SSSR count). The zero-order chi connectivity index (χ0) is 21.5. The molecule has 1 aliphatic heterocycles. The number of carboxylic acid groups (broad SMARTS) is 1. The van der Waals surface area contributed by atoms with Crippen molar-refractivity contribution in [2.45, 2.75) is 30.3 Å². The molecule has 1 aliphatic rings. The summed E-state index contributed by atoms with van der Waals surface area (Å²) in [7, 11) is 0. The lowest BCUT2D eigenvalue weighted by molar-refractivity contribution is -0.148. The van der Waals surface area contributed by atoms with E-state index in [4.69, 9.17) is 4.74 Å². The quantitative estimate of drug-likeness (QED) is 0.552. The van der Waals surface area contributed by atoms with Crippen LogP contribution in [0.1, 0.15) is 24.0 Å². The van der Waals surface area contributed by atoms with Crippen molar-refractivity contribution in [3.63, 3.8) is 0 Å². The van der Waals surface area contributed by atoms with Gasteiger partial charge in [0.25, 0.3) is 0 Å². The predicted octanol–water partition coefficient (Wildman–Crippen LogP) is 1.98. The molecule has 1 heterocycles. The molecule has 2 aromatic rings. The molecular formula is C22H24N2O5S. The van der Waals surface area contributed by atoms with Crippen molar-refractivity contribution in [3.05, 3.63) is 71.8 Å². The molecule has 2 aromatic carbocycles. The normalized spacial score (nSPS) is 19.3. The smallest absolute Gasteiger partial charge is 0.331 e. The van der Waals surface area contributed by atoms with Crippen molar-refractivity contribution in [2.75, 3.05) is 12.4 Å². The molecule has 7 nitrogen and oxygen atoms in total. The summed E-state index contributed by atoms with van der Waals surface area (Å²) in [5.41, 5.74) is 1.58. The van der Waals surface area contributed by atoms with Crippen LogP contribution in [0.15, 0.2) is 60.7 Å². The maximum Gasteiger partial charge on any atom is 0.331 e. The van der Waals surface area contributed by atoms with Gasteiger partial charge in [-0.2, -0.15) is 0 Å². The zero-order valence-electron chi connectivity index (χ0n) is 16.5. The van der Waals surface area contributed by atoms with Crippen LogP contribution < -0.4 is 10.6 Å². The third-order valence-electron chi connectivity index (χ3n) is 4.78. The number of nitrogens with one attached hydrogen (secondary N) is 2. The molecule has 0 spiro atoms. The van der Waals surface area contributed by atoms with Gasteiger partial charge in [0.15, 0.2) is 6.04 Å². The van der Waals surface area contributed by atoms with E-state index in [0.717, 1.165) is 11.1 Å². The Hall–Kier alpha value is -2.84. The molecule has 8 heteroatoms. The van der Waals surface area contributed by atoms with Crippen LogP contribution in [0.25, 0.3) is 0 Å². The number of carbonyl (C=O) groups excluding carboxylic acids is 2. The van der Waals surface area contributed by atoms with Crippen LogP contribution in [0.3, 0.4) is 0 Å². The van der Waals surface area contributed by atoms with Gasteiger partial charge >= 0.3 is 11.9 Å². The lowest BCUT2D eigenvalue weighted by Crippen LogP contribution is -2.54. The summed E-state index contributed by atoms with van der Waals surface area (Å²) in [4.78, 5) is 37.2. The van der Waals surface area contributed by atoms with Gasteiger partial charge in [0.2, 0.25) is 5.91 Å². The van der Waals surface area contributed by atoms with Gasteiger partial charge in [0.1, 0.15) is 6.04 Å². The first-order chi connectivity index (χ1) is 14.5. The molecule has 0 radical (unpaired) electrons. The summed E-state index contributed by atoms with van der Waals surface area (Å²) in [6.45, 7) is 1.84. The number of hydrogen-bond acceptors (Lipinski definition) is 6. The van der Waals surface area contributed by atoms with E-state index >= 15 is 0 Å². The van der Waals surface area contributed by atoms with Gasteiger partial charge in [0.05, 0.1) is 17.9 Å². The highest BCUT2D eigenvalue weighted by atomic mass is 32.2. The van der Waals surface area contributed by atoms with Crippen molar-refractivity contribution >= 4 is 29.6 Å². The number of rotatable bonds is 8. The lowest BCUT2D eigenvalue weighted by Gasteiger charge is -2.26. The molecule has 0 saturated carbocycles. The second kappa shape index (κ2) is 10.3. The molecule has 30 heavy (non-hydrogen) atoms. The molecule has 0 aromatic heterocycles. The van der Waals surface area contributed by atoms with Crippen molar-refractivity contribution in [3.8, 4) is 0 Å². The third kappa shape index (κ3) is 5.20. The Balaban J connectivity index is 1.87. The fraction of sp³-hybridized carbons (Fsp3) is 0.318. The van der Waals surface area contributed by atoms with E-state index in [2.05, 4.69) is 10.6 Å². The summed E-state index contributed by atoms with van der Waals surface area (Å²) in [6, 6.07) is 16.8. The van der Waals surface area contributed by atoms with E-state index in [1.807, 2.05) is 60.7 Å². The van der Waals surface area contributed by atoms with Gasteiger partial charge in [0, 0.05) is 5.75 Å². The second-order valence-electron chi connectivity index (χ2n) is 6.80. The molecule has 3 atom stereocenters. The molecule has 0 bridgehead atoms. The standard InChI is InChI=1S/C22H24N2O5S/c1-2-29-22(28)18(20-23-16(13-30-20)21(26)27)24-19(25)17(14-9-5-3-6-10-14)15-11-7-4-8-12-15/h3-12,16-18,20,23H,2,13H2,1H3,(H,24,25)(H,26,27)/t16-,18-,20-/m0/s1. The fourth-order valence-corrected chi connectivity index (χ4v) is 4.61. The van der Waals surface area contributed by atoms with Crippen molar-refractivity contribution in [1.29, 1.82) is 0 Å². The highest BCUT2D eigenvalue weighted by Gasteiger charge is 2.40. The van der Waals surface area contributed by atoms with E-state index in [9.17, 15) is 19.5 Å². The van der Waals surface area contributed by atoms with Crippen LogP contribution in [0.5, 0.6) is 0 Å². The van der Waals surface area contributed by atoms with Gasteiger partial charge in [-0.05, 0) is 18.1 Å². The second-order valence-corrected chi connectivity index (χ2v) is 7.98. The van der Waals surface area contributed by atoms with Crippen LogP contribution in [-0.2, 0) is 19.1 Å². The average Bonchev–Trinajstić information content (AvgIpc) is 3.24. The Morgan fingerprint density at radius 2 is 1.67 bits per heavy atom. The number of carboxylic acids is 1. The van der Waals surface area contributed by atoms with E-state index in [-0.39, 0.29) is 12.5 Å². The number of esters is 1. The van der Waals surface area contributed by atoms with Gasteiger partial charge in [-0.3, -0.25) is 14.9 Å². The number of carbonyl (C=O) groups is 3. The zero-order valence-corrected chi connectivity index (χ0v) is 17.3. The molecular weight excluding hydrogens is 404 g/mol. The molecule has 1 amide bonds. The number of aliphatic carboxylic acids is 1. The van der Waals surface area contributed by atoms with Crippen molar-refractivity contribution < 1.29 is 24.2 Å². The molecule has 1 fully saturated rings. The van der Waals surface area contributed by atoms with Gasteiger partial charge in [-0.1, -0.05) is 60.7 Å². The highest BCUT2D eigenvalue weighted by Crippen LogP contribution is 2.27. The highest BCUT2D eigenvalue weighted by molar-refractivity contribution is 8.00. The van der Waals surface area contributed by atoms with E-state index in [1.165, 1.54) is 11.8 Å². The SMILES string of the molecule is CCOC(=O)[C@@H](NC(=O)C(c1ccccc1)c1ccccc1)[C@H]1N[C@H](C(=O)O)CS1. The van der Waals surface area contributed by atoms with E-state index < -0.39 is 35.3 Å². The first-order valence-electron chi connectivity index (χ1n) is 9.68. The van der Waals surface area contributed by atoms with Gasteiger partial charge in [-0.15, -0.1) is 11.8 Å². The van der Waals surface area contributed by atoms with Crippen molar-refractivity contribution in [1.82, 2.24) is 10.6 Å². The Labute approximate surface area is 179 Å². The molecule has 1 saturated heterocycles. The fourth-order valence-electron chi connectivity index (χ4n) is 3.34. The minimum absolute atomic E-state index is 0.158. The minimum atomic E-state index is -1.01. The Morgan fingerprint density at radius 3 is 2.13 bits per heavy atom. The number of ether oxygens (including phenoxy) is 1. The summed E-state index contributed by atoms with van der Waals surface area (Å²) in [5, 5.41) is 14.4. The number of hydrogen-bond donors (Lipinski definition) is 3. The first kappa shape index (κ1) is 21.9. The average molecular weight is 429 g/mol. The molecule has 3 N–H and O–H groups in total. The summed E-state index contributed by atoms with van der Waals surface area (Å²) in [6.07, 6.45) is 0. The molecule has 0 unspecified atom stereocenters. The molecule has 0 aliphatic carbocycles. The summed E-state index contributed by atoms with van der Waals surface area (Å²) in [5.74, 6) is -2.27. The Kier molecular flexibility index (Phi) is 7.48. The Bertz CT molecular complexity index is 838. The Morgan fingerprint density at radius 1 is 1.10 bits per heavy atom. The largest absolute Gasteiger partial charge is 0.480 e. The van der Waals surface area contributed by atoms with Gasteiger partial charge in [-0.25, -0.2) is 4.79 Å². The first-order valence-corrected chi connectivity index (χ1v) is 10.7. The van der Waals surface area contributed by atoms with Crippen molar-refractivity contribution in [2.24, 2.45) is 0 Å². The molecule has 158 valence electrons. The third-order valence-corrected chi connectivity index (χ3v) is 6.07. The maximum absolute atomic E-state index is 13.4. The van der Waals surface area contributed by atoms with Crippen LogP contribution in [0, 0.1) is 0 Å². The van der Waals surface area contributed by atoms with E-state index in [1.54, 1.807) is 6.92 Å².